The van der Waals surface area contributed by atoms with Crippen LogP contribution in [0.2, 0.25) is 0 Å². The lowest BCUT2D eigenvalue weighted by molar-refractivity contribution is 0.500. The third kappa shape index (κ3) is 10.4. The highest BCUT2D eigenvalue weighted by Gasteiger charge is 2.36. The first-order valence-electron chi connectivity index (χ1n) is 24.2. The average Bonchev–Trinajstić information content (AvgIpc) is 3.89. The number of nitrogens with zero attached hydrogens (tertiary/aromatic N) is 1. The van der Waals surface area contributed by atoms with E-state index in [1.165, 1.54) is 105 Å². The molecule has 2 unspecified atom stereocenters. The predicted octanol–water partition coefficient (Wildman–Crippen LogP) is 18.2. The Balaban J connectivity index is 0.000000206. The highest BCUT2D eigenvalue weighted by molar-refractivity contribution is 5.94. The van der Waals surface area contributed by atoms with Gasteiger partial charge in [0.2, 0.25) is 0 Å². The summed E-state index contributed by atoms with van der Waals surface area (Å²) < 4.78 is 2.46. The minimum absolute atomic E-state index is 0.399. The van der Waals surface area contributed by atoms with Crippen molar-refractivity contribution in [1.82, 2.24) is 4.57 Å². The molecule has 0 saturated heterocycles. The van der Waals surface area contributed by atoms with Crippen LogP contribution in [-0.4, -0.2) is 4.57 Å². The molecule has 1 nitrogen and oxygen atoms in total. The maximum Gasteiger partial charge on any atom is 0.0537 e. The summed E-state index contributed by atoms with van der Waals surface area (Å²) in [6.45, 7) is 29.2. The molecule has 0 fully saturated rings. The molecular weight excluding hydrogens is 795 g/mol. The van der Waals surface area contributed by atoms with Crippen LogP contribution in [0.15, 0.2) is 177 Å². The molecule has 66 heavy (non-hydrogen) atoms. The lowest BCUT2D eigenvalue weighted by Crippen LogP contribution is -2.14. The SMILES string of the molecule is C=C/C=C(\C)c1ccc2c(c1C)CC(Cc1cccc(/C=C\C)c1C=C)C2c1ccccc1C.CC.CC.Cc1ccc2cc(Cc3ccccc3C)n(-c3cccc4ccccc34)c2c1. The molecule has 0 N–H and O–H groups in total. The molecule has 1 aromatic heterocycles. The van der Waals surface area contributed by atoms with E-state index in [1.807, 2.05) is 39.8 Å². The molecule has 0 amide bonds. The van der Waals surface area contributed by atoms with Gasteiger partial charge in [-0.05, 0) is 156 Å². The molecule has 0 spiro atoms. The second-order valence-electron chi connectivity index (χ2n) is 17.2. The predicted molar refractivity (Wildman–Crippen MR) is 292 cm³/mol. The molecule has 9 rings (SSSR count). The molecule has 1 heterocycles. The first kappa shape index (κ1) is 48.7. The Bertz CT molecular complexity index is 2990. The molecule has 7 aromatic carbocycles. The lowest BCUT2D eigenvalue weighted by atomic mass is 9.79. The fraction of sp³-hybridized carbons (Fsp3) is 0.231. The van der Waals surface area contributed by atoms with Crippen LogP contribution in [0.1, 0.15) is 120 Å². The molecule has 1 aliphatic rings. The third-order valence-electron chi connectivity index (χ3n) is 13.2. The third-order valence-corrected chi connectivity index (χ3v) is 13.2. The zero-order valence-corrected chi connectivity index (χ0v) is 41.4. The van der Waals surface area contributed by atoms with E-state index in [0.29, 0.717) is 11.8 Å². The van der Waals surface area contributed by atoms with Gasteiger partial charge in [-0.15, -0.1) is 0 Å². The van der Waals surface area contributed by atoms with Crippen LogP contribution in [0.25, 0.3) is 45.1 Å². The highest BCUT2D eigenvalue weighted by atomic mass is 15.0. The zero-order valence-electron chi connectivity index (χ0n) is 41.4. The van der Waals surface area contributed by atoms with Crippen molar-refractivity contribution in [2.45, 2.75) is 94.4 Å². The van der Waals surface area contributed by atoms with Crippen molar-refractivity contribution < 1.29 is 0 Å². The summed E-state index contributed by atoms with van der Waals surface area (Å²) >= 11 is 0. The summed E-state index contributed by atoms with van der Waals surface area (Å²) in [5.74, 6) is 0.906. The van der Waals surface area contributed by atoms with Gasteiger partial charge in [0, 0.05) is 28.8 Å². The van der Waals surface area contributed by atoms with Gasteiger partial charge in [0.05, 0.1) is 11.2 Å². The van der Waals surface area contributed by atoms with Crippen LogP contribution in [0.4, 0.5) is 0 Å². The van der Waals surface area contributed by atoms with Crippen molar-refractivity contribution >= 4 is 39.4 Å². The van der Waals surface area contributed by atoms with E-state index >= 15 is 0 Å². The van der Waals surface area contributed by atoms with Crippen LogP contribution in [0, 0.1) is 33.6 Å². The van der Waals surface area contributed by atoms with Gasteiger partial charge in [-0.25, -0.2) is 0 Å². The first-order chi connectivity index (χ1) is 32.2. The van der Waals surface area contributed by atoms with E-state index in [4.69, 9.17) is 0 Å². The van der Waals surface area contributed by atoms with Crippen molar-refractivity contribution in [3.05, 3.63) is 249 Å². The van der Waals surface area contributed by atoms with Gasteiger partial charge in [0.1, 0.15) is 0 Å². The number of aromatic nitrogens is 1. The minimum Gasteiger partial charge on any atom is -0.313 e. The first-order valence-corrected chi connectivity index (χ1v) is 24.2. The summed E-state index contributed by atoms with van der Waals surface area (Å²) in [5, 5.41) is 3.86. The molecular formula is C65H71N. The maximum absolute atomic E-state index is 4.15. The maximum atomic E-state index is 4.15. The zero-order chi connectivity index (χ0) is 47.3. The number of hydrogen-bond acceptors (Lipinski definition) is 0. The summed E-state index contributed by atoms with van der Waals surface area (Å²) in [6, 6.07) is 53.3. The number of benzene rings is 7. The Hall–Kier alpha value is -6.70. The van der Waals surface area contributed by atoms with E-state index in [9.17, 15) is 0 Å². The van der Waals surface area contributed by atoms with Crippen LogP contribution in [0.3, 0.4) is 0 Å². The van der Waals surface area contributed by atoms with Crippen LogP contribution >= 0.6 is 0 Å². The van der Waals surface area contributed by atoms with E-state index in [1.54, 1.807) is 0 Å². The van der Waals surface area contributed by atoms with Crippen molar-refractivity contribution in [2.24, 2.45) is 5.92 Å². The van der Waals surface area contributed by atoms with Gasteiger partial charge in [0.25, 0.3) is 0 Å². The molecule has 0 aliphatic heterocycles. The molecule has 0 saturated carbocycles. The summed E-state index contributed by atoms with van der Waals surface area (Å²) in [7, 11) is 0. The minimum atomic E-state index is 0.399. The largest absolute Gasteiger partial charge is 0.313 e. The van der Waals surface area contributed by atoms with Crippen molar-refractivity contribution in [3.63, 3.8) is 0 Å². The van der Waals surface area contributed by atoms with Crippen molar-refractivity contribution in [3.8, 4) is 5.69 Å². The smallest absolute Gasteiger partial charge is 0.0537 e. The Labute approximate surface area is 397 Å². The van der Waals surface area contributed by atoms with E-state index < -0.39 is 0 Å². The normalized spacial score (nSPS) is 14.1. The highest BCUT2D eigenvalue weighted by Crippen LogP contribution is 2.47. The van der Waals surface area contributed by atoms with Crippen LogP contribution < -0.4 is 0 Å². The molecule has 1 aliphatic carbocycles. The van der Waals surface area contributed by atoms with Gasteiger partial charge >= 0.3 is 0 Å². The van der Waals surface area contributed by atoms with E-state index in [0.717, 1.165) is 19.3 Å². The molecule has 8 aromatic rings. The number of fused-ring (bicyclic) bond motifs is 3. The van der Waals surface area contributed by atoms with Gasteiger partial charge in [-0.2, -0.15) is 0 Å². The Morgan fingerprint density at radius 1 is 0.667 bits per heavy atom. The molecule has 336 valence electrons. The van der Waals surface area contributed by atoms with Crippen molar-refractivity contribution in [2.75, 3.05) is 0 Å². The Morgan fingerprint density at radius 2 is 1.35 bits per heavy atom. The average molecular weight is 866 g/mol. The Morgan fingerprint density at radius 3 is 2.08 bits per heavy atom. The second kappa shape index (κ2) is 23.0. The summed E-state index contributed by atoms with van der Waals surface area (Å²) in [4.78, 5) is 0. The van der Waals surface area contributed by atoms with Crippen LogP contribution in [-0.2, 0) is 19.3 Å². The van der Waals surface area contributed by atoms with Crippen molar-refractivity contribution in [1.29, 1.82) is 0 Å². The molecule has 2 atom stereocenters. The van der Waals surface area contributed by atoms with Gasteiger partial charge in [-0.1, -0.05) is 199 Å². The number of hydrogen-bond donors (Lipinski definition) is 0. The molecule has 0 radical (unpaired) electrons. The number of aryl methyl sites for hydroxylation is 3. The molecule has 1 heteroatoms. The van der Waals surface area contributed by atoms with Gasteiger partial charge < -0.3 is 4.57 Å². The fourth-order valence-corrected chi connectivity index (χ4v) is 10.1. The monoisotopic (exact) mass is 866 g/mol. The quantitative estimate of drug-likeness (QED) is 0.121. The lowest BCUT2D eigenvalue weighted by Gasteiger charge is -2.24. The Kier molecular flexibility index (Phi) is 17.0. The fourth-order valence-electron chi connectivity index (χ4n) is 10.1. The summed E-state index contributed by atoms with van der Waals surface area (Å²) in [5.41, 5.74) is 21.7. The van der Waals surface area contributed by atoms with Gasteiger partial charge in [0.15, 0.2) is 0 Å². The van der Waals surface area contributed by atoms with E-state index in [2.05, 4.69) is 223 Å². The molecule has 0 bridgehead atoms. The second-order valence-corrected chi connectivity index (χ2v) is 17.2. The van der Waals surface area contributed by atoms with Crippen LogP contribution in [0.5, 0.6) is 0 Å². The van der Waals surface area contributed by atoms with E-state index in [-0.39, 0.29) is 0 Å². The number of allylic oxidation sites excluding steroid dienone is 4. The topological polar surface area (TPSA) is 4.93 Å². The number of rotatable bonds is 10. The summed E-state index contributed by atoms with van der Waals surface area (Å²) in [6.07, 6.45) is 13.4. The van der Waals surface area contributed by atoms with Gasteiger partial charge in [-0.3, -0.25) is 0 Å². The standard InChI is InChI=1S/C34H36.C27H23N.2C2H6/c1-7-13-23(4)30-19-20-32-33(25(30)6)22-28(34(32)31-18-11-10-15-24(31)5)21-27-17-12-16-26(14-8-2)29(27)9-3;1-19-14-15-23-18-24(17-22-10-4-3-8-20(22)2)28(27(23)16-19)26-13-7-11-21-9-5-6-12-25(21)26;2*1-2/h7-20,28,34H,1,3,21-22H2,2,4-6H3;3-16,18H,17H2,1-2H3;2*1-2H3/b14-8-,23-13+;;;.